The van der Waals surface area contributed by atoms with Gasteiger partial charge in [-0.1, -0.05) is 0 Å². The molecule has 1 aromatic heterocycles. The molecule has 0 aliphatic heterocycles. The summed E-state index contributed by atoms with van der Waals surface area (Å²) in [6.07, 6.45) is 1.75. The van der Waals surface area contributed by atoms with E-state index in [2.05, 4.69) is 48.5 Å². The van der Waals surface area contributed by atoms with E-state index in [0.29, 0.717) is 0 Å². The minimum Gasteiger partial charge on any atom is -0.366 e. The summed E-state index contributed by atoms with van der Waals surface area (Å²) in [5.74, 6) is 1.71. The van der Waals surface area contributed by atoms with E-state index >= 15 is 0 Å². The third-order valence-electron chi connectivity index (χ3n) is 1.70. The van der Waals surface area contributed by atoms with Gasteiger partial charge in [0.1, 0.15) is 5.84 Å². The number of aliphatic imine (C=N–C) groups is 1. The molecule has 0 amide bonds. The molecule has 0 saturated carbocycles. The Morgan fingerprint density at radius 2 is 2.21 bits per heavy atom. The van der Waals surface area contributed by atoms with Gasteiger partial charge in [-0.25, -0.2) is 9.98 Å². The summed E-state index contributed by atoms with van der Waals surface area (Å²) in [6.45, 7) is 1.96. The molecule has 0 N–H and O–H groups in total. The zero-order valence-corrected chi connectivity index (χ0v) is 12.0. The third kappa shape index (κ3) is 3.20. The van der Waals surface area contributed by atoms with Crippen LogP contribution < -0.4 is 0 Å². The monoisotopic (exact) mass is 367 g/mol. The fourth-order valence-electron chi connectivity index (χ4n) is 0.743. The van der Waals surface area contributed by atoms with E-state index in [1.807, 2.05) is 32.0 Å². The number of rotatable bonds is 1. The Hall–Kier alpha value is -0.170. The predicted molar refractivity (Wildman–Crippen MR) is 71.1 cm³/mol. The van der Waals surface area contributed by atoms with Crippen molar-refractivity contribution >= 4 is 50.2 Å². The molecule has 0 aliphatic carbocycles. The first-order valence-corrected chi connectivity index (χ1v) is 5.91. The van der Waals surface area contributed by atoms with Crippen LogP contribution in [0.2, 0.25) is 0 Å². The van der Waals surface area contributed by atoms with Crippen LogP contribution in [0.15, 0.2) is 21.7 Å². The van der Waals surface area contributed by atoms with Crippen molar-refractivity contribution in [2.75, 3.05) is 14.1 Å². The Balaban J connectivity index is 3.03. The zero-order chi connectivity index (χ0) is 10.7. The summed E-state index contributed by atoms with van der Waals surface area (Å²) in [5.41, 5.74) is 0. The van der Waals surface area contributed by atoms with Crippen molar-refractivity contribution in [2.45, 2.75) is 6.92 Å². The molecule has 0 radical (unpaired) electrons. The molecule has 1 heterocycles. The molecule has 0 bridgehead atoms. The third-order valence-corrected chi connectivity index (χ3v) is 2.93. The molecule has 0 aromatic carbocycles. The molecule has 1 aromatic rings. The second-order valence-corrected chi connectivity index (χ2v) is 5.09. The van der Waals surface area contributed by atoms with Crippen LogP contribution in [0.5, 0.6) is 0 Å². The smallest absolute Gasteiger partial charge is 0.167 e. The molecule has 0 fully saturated rings. The van der Waals surface area contributed by atoms with Gasteiger partial charge in [-0.15, -0.1) is 0 Å². The predicted octanol–water partition coefficient (Wildman–Crippen LogP) is 3.06. The Bertz CT molecular complexity index is 363. The highest BCUT2D eigenvalue weighted by molar-refractivity contribution is 14.1. The average Bonchev–Trinajstić information content (AvgIpc) is 2.09. The van der Waals surface area contributed by atoms with Gasteiger partial charge >= 0.3 is 0 Å². The van der Waals surface area contributed by atoms with Gasteiger partial charge in [0, 0.05) is 24.8 Å². The molecule has 0 saturated heterocycles. The molecule has 76 valence electrons. The lowest BCUT2D eigenvalue weighted by molar-refractivity contribution is 0.618. The van der Waals surface area contributed by atoms with Crippen LogP contribution in [-0.4, -0.2) is 29.8 Å². The van der Waals surface area contributed by atoms with Gasteiger partial charge in [-0.3, -0.25) is 0 Å². The van der Waals surface area contributed by atoms with Crippen LogP contribution in [0.3, 0.4) is 0 Å². The zero-order valence-electron chi connectivity index (χ0n) is 8.25. The van der Waals surface area contributed by atoms with Crippen LogP contribution in [0.25, 0.3) is 0 Å². The Morgan fingerprint density at radius 1 is 1.57 bits per heavy atom. The van der Waals surface area contributed by atoms with Crippen molar-refractivity contribution < 1.29 is 0 Å². The lowest BCUT2D eigenvalue weighted by Crippen LogP contribution is -2.17. The number of hydrogen-bond acceptors (Lipinski definition) is 2. The number of nitrogens with zero attached hydrogens (tertiary/aromatic N) is 3. The molecule has 14 heavy (non-hydrogen) atoms. The Labute approximate surface area is 106 Å². The van der Waals surface area contributed by atoms with Gasteiger partial charge in [0.05, 0.1) is 3.57 Å². The largest absolute Gasteiger partial charge is 0.366 e. The maximum Gasteiger partial charge on any atom is 0.167 e. The lowest BCUT2D eigenvalue weighted by atomic mass is 10.4. The maximum absolute atomic E-state index is 4.40. The van der Waals surface area contributed by atoms with E-state index in [4.69, 9.17) is 0 Å². The maximum atomic E-state index is 4.40. The minimum atomic E-state index is 0.764. The van der Waals surface area contributed by atoms with Crippen LogP contribution >= 0.6 is 38.5 Å². The first-order chi connectivity index (χ1) is 6.50. The number of hydrogen-bond donors (Lipinski definition) is 0. The van der Waals surface area contributed by atoms with Crippen molar-refractivity contribution in [1.82, 2.24) is 9.88 Å². The number of aromatic nitrogens is 1. The van der Waals surface area contributed by atoms with Crippen molar-refractivity contribution in [3.8, 4) is 0 Å². The van der Waals surface area contributed by atoms with Gasteiger partial charge in [0.2, 0.25) is 0 Å². The van der Waals surface area contributed by atoms with Crippen LogP contribution in [0, 0.1) is 3.57 Å². The molecule has 0 aliphatic rings. The van der Waals surface area contributed by atoms with E-state index in [0.717, 1.165) is 19.7 Å². The highest BCUT2D eigenvalue weighted by Gasteiger charge is 2.01. The summed E-state index contributed by atoms with van der Waals surface area (Å²) >= 11 is 5.59. The van der Waals surface area contributed by atoms with Crippen LogP contribution in [0.1, 0.15) is 6.92 Å². The minimum absolute atomic E-state index is 0.764. The molecular formula is C9H11BrIN3. The van der Waals surface area contributed by atoms with Gasteiger partial charge in [0.15, 0.2) is 5.82 Å². The SMILES string of the molecule is CC(=Nc1ncc(Br)cc1I)N(C)C. The quantitative estimate of drug-likeness (QED) is 0.433. The first-order valence-electron chi connectivity index (χ1n) is 4.04. The van der Waals surface area contributed by atoms with E-state index in [9.17, 15) is 0 Å². The average molecular weight is 368 g/mol. The van der Waals surface area contributed by atoms with E-state index in [1.54, 1.807) is 6.20 Å². The van der Waals surface area contributed by atoms with Crippen LogP contribution in [0.4, 0.5) is 5.82 Å². The molecule has 3 nitrogen and oxygen atoms in total. The normalized spacial score (nSPS) is 11.6. The van der Waals surface area contributed by atoms with E-state index in [-0.39, 0.29) is 0 Å². The fraction of sp³-hybridized carbons (Fsp3) is 0.333. The molecule has 5 heteroatoms. The Kier molecular flexibility index (Phi) is 4.31. The topological polar surface area (TPSA) is 28.5 Å². The van der Waals surface area contributed by atoms with Gasteiger partial charge in [-0.05, 0) is 51.5 Å². The first kappa shape index (κ1) is 11.9. The van der Waals surface area contributed by atoms with Gasteiger partial charge in [0.25, 0.3) is 0 Å². The standard InChI is InChI=1S/C9H11BrIN3/c1-6(14(2)3)13-9-8(11)4-7(10)5-12-9/h4-5H,1-3H3. The van der Waals surface area contributed by atoms with E-state index < -0.39 is 0 Å². The number of pyridine rings is 1. The number of amidine groups is 1. The summed E-state index contributed by atoms with van der Waals surface area (Å²) < 4.78 is 2.02. The second kappa shape index (κ2) is 5.06. The molecule has 0 spiro atoms. The van der Waals surface area contributed by atoms with E-state index in [1.165, 1.54) is 0 Å². The molecule has 1 rings (SSSR count). The highest BCUT2D eigenvalue weighted by Crippen LogP contribution is 2.22. The molecular weight excluding hydrogens is 357 g/mol. The highest BCUT2D eigenvalue weighted by atomic mass is 127. The second-order valence-electron chi connectivity index (χ2n) is 3.01. The molecule has 0 atom stereocenters. The lowest BCUT2D eigenvalue weighted by Gasteiger charge is -2.10. The van der Waals surface area contributed by atoms with Crippen molar-refractivity contribution in [2.24, 2.45) is 4.99 Å². The van der Waals surface area contributed by atoms with Gasteiger partial charge in [-0.2, -0.15) is 0 Å². The van der Waals surface area contributed by atoms with Crippen molar-refractivity contribution in [3.05, 3.63) is 20.3 Å². The summed E-state index contributed by atoms with van der Waals surface area (Å²) in [4.78, 5) is 10.6. The summed E-state index contributed by atoms with van der Waals surface area (Å²) in [7, 11) is 3.93. The van der Waals surface area contributed by atoms with Gasteiger partial charge < -0.3 is 4.90 Å². The summed E-state index contributed by atoms with van der Waals surface area (Å²) in [6, 6.07) is 2.00. The summed E-state index contributed by atoms with van der Waals surface area (Å²) in [5, 5.41) is 0. The number of halogens is 2. The van der Waals surface area contributed by atoms with Crippen molar-refractivity contribution in [3.63, 3.8) is 0 Å². The Morgan fingerprint density at radius 3 is 2.71 bits per heavy atom. The van der Waals surface area contributed by atoms with Crippen LogP contribution in [-0.2, 0) is 0 Å². The molecule has 0 unspecified atom stereocenters. The fourth-order valence-corrected chi connectivity index (χ4v) is 2.10. The van der Waals surface area contributed by atoms with Crippen molar-refractivity contribution in [1.29, 1.82) is 0 Å².